The van der Waals surface area contributed by atoms with Crippen molar-refractivity contribution in [1.82, 2.24) is 4.31 Å². The highest BCUT2D eigenvalue weighted by molar-refractivity contribution is 7.91. The van der Waals surface area contributed by atoms with Gasteiger partial charge in [0.15, 0.2) is 0 Å². The van der Waals surface area contributed by atoms with E-state index in [0.29, 0.717) is 27.7 Å². The molecule has 1 fully saturated rings. The fourth-order valence-electron chi connectivity index (χ4n) is 2.53. The molecule has 24 heavy (non-hydrogen) atoms. The number of sulfonamides is 1. The van der Waals surface area contributed by atoms with Gasteiger partial charge in [-0.1, -0.05) is 11.6 Å². The smallest absolute Gasteiger partial charge is 0.253 e. The fourth-order valence-corrected chi connectivity index (χ4v) is 6.54. The van der Waals surface area contributed by atoms with E-state index in [0.717, 1.165) is 11.3 Å². The lowest BCUT2D eigenvalue weighted by molar-refractivity contribution is -0.119. The minimum Gasteiger partial charge on any atom is -0.315 e. The number of hydrogen-bond donors (Lipinski definition) is 1. The summed E-state index contributed by atoms with van der Waals surface area (Å²) in [6.07, 6.45) is 1.05. The van der Waals surface area contributed by atoms with Crippen molar-refractivity contribution in [3.8, 4) is 6.07 Å². The van der Waals surface area contributed by atoms with Crippen LogP contribution in [0.2, 0.25) is 4.34 Å². The normalized spacial score (nSPS) is 18.4. The highest BCUT2D eigenvalue weighted by Gasteiger charge is 2.40. The van der Waals surface area contributed by atoms with Gasteiger partial charge in [0.2, 0.25) is 5.91 Å². The zero-order valence-corrected chi connectivity index (χ0v) is 15.4. The summed E-state index contributed by atoms with van der Waals surface area (Å²) in [5.74, 6) is -0.419. The molecule has 1 aliphatic heterocycles. The summed E-state index contributed by atoms with van der Waals surface area (Å²) in [5.41, 5.74) is 0.366. The van der Waals surface area contributed by atoms with Crippen LogP contribution in [0.5, 0.6) is 0 Å². The third kappa shape index (κ3) is 3.20. The van der Waals surface area contributed by atoms with E-state index in [1.54, 1.807) is 11.4 Å². The molecule has 1 aliphatic rings. The zero-order valence-electron chi connectivity index (χ0n) is 12.2. The Labute approximate surface area is 152 Å². The highest BCUT2D eigenvalue weighted by atomic mass is 35.5. The van der Waals surface area contributed by atoms with Crippen LogP contribution in [0, 0.1) is 11.3 Å². The van der Waals surface area contributed by atoms with Crippen LogP contribution in [0.15, 0.2) is 27.8 Å². The van der Waals surface area contributed by atoms with E-state index >= 15 is 0 Å². The van der Waals surface area contributed by atoms with Gasteiger partial charge in [-0.2, -0.15) is 9.57 Å². The van der Waals surface area contributed by atoms with Gasteiger partial charge in [0.1, 0.15) is 21.3 Å². The average molecular weight is 402 g/mol. The first-order valence-electron chi connectivity index (χ1n) is 6.99. The molecule has 1 unspecified atom stereocenters. The number of anilines is 1. The first kappa shape index (κ1) is 17.4. The number of carbonyl (C=O) groups is 1. The largest absolute Gasteiger partial charge is 0.315 e. The van der Waals surface area contributed by atoms with Gasteiger partial charge in [-0.25, -0.2) is 8.42 Å². The van der Waals surface area contributed by atoms with E-state index in [-0.39, 0.29) is 10.8 Å². The third-order valence-electron chi connectivity index (χ3n) is 3.64. The lowest BCUT2D eigenvalue weighted by Gasteiger charge is -2.22. The lowest BCUT2D eigenvalue weighted by Crippen LogP contribution is -2.42. The molecule has 0 spiro atoms. The monoisotopic (exact) mass is 401 g/mol. The van der Waals surface area contributed by atoms with Crippen LogP contribution < -0.4 is 5.32 Å². The second kappa shape index (κ2) is 6.82. The van der Waals surface area contributed by atoms with Crippen molar-refractivity contribution in [3.63, 3.8) is 0 Å². The Morgan fingerprint density at radius 2 is 2.21 bits per heavy atom. The Balaban J connectivity index is 1.83. The molecule has 2 aromatic rings. The highest BCUT2D eigenvalue weighted by Crippen LogP contribution is 2.33. The number of thiophene rings is 2. The molecule has 6 nitrogen and oxygen atoms in total. The number of nitriles is 1. The van der Waals surface area contributed by atoms with Crippen molar-refractivity contribution >= 4 is 55.2 Å². The van der Waals surface area contributed by atoms with Gasteiger partial charge in [0.05, 0.1) is 9.90 Å². The van der Waals surface area contributed by atoms with Gasteiger partial charge < -0.3 is 5.32 Å². The molecule has 2 aromatic heterocycles. The summed E-state index contributed by atoms with van der Waals surface area (Å²) in [5, 5.41) is 13.8. The van der Waals surface area contributed by atoms with Crippen molar-refractivity contribution < 1.29 is 13.2 Å². The molecule has 1 amide bonds. The van der Waals surface area contributed by atoms with Crippen LogP contribution in [-0.2, 0) is 14.8 Å². The molecule has 3 heterocycles. The molecule has 0 radical (unpaired) electrons. The number of carbonyl (C=O) groups excluding carboxylic acids is 1. The first-order valence-corrected chi connectivity index (χ1v) is 10.5. The second-order valence-electron chi connectivity index (χ2n) is 5.10. The topological polar surface area (TPSA) is 90.3 Å². The van der Waals surface area contributed by atoms with E-state index in [2.05, 4.69) is 5.32 Å². The molecule has 0 aromatic carbocycles. The third-order valence-corrected chi connectivity index (χ3v) is 8.08. The summed E-state index contributed by atoms with van der Waals surface area (Å²) >= 11 is 8.03. The number of nitrogens with one attached hydrogen (secondary N) is 1. The van der Waals surface area contributed by atoms with Crippen molar-refractivity contribution in [2.24, 2.45) is 0 Å². The maximum atomic E-state index is 12.7. The van der Waals surface area contributed by atoms with Crippen molar-refractivity contribution in [3.05, 3.63) is 33.5 Å². The van der Waals surface area contributed by atoms with Crippen LogP contribution >= 0.6 is 34.3 Å². The molecule has 1 N–H and O–H groups in total. The molecule has 0 aliphatic carbocycles. The maximum absolute atomic E-state index is 12.7. The van der Waals surface area contributed by atoms with E-state index < -0.39 is 22.0 Å². The molecule has 126 valence electrons. The second-order valence-corrected chi connectivity index (χ2v) is 9.85. The number of rotatable bonds is 4. The zero-order chi connectivity index (χ0) is 17.3. The van der Waals surface area contributed by atoms with Gasteiger partial charge in [-0.05, 0) is 36.4 Å². The number of amides is 1. The van der Waals surface area contributed by atoms with Crippen molar-refractivity contribution in [2.45, 2.75) is 23.1 Å². The number of hydrogen-bond acceptors (Lipinski definition) is 6. The summed E-state index contributed by atoms with van der Waals surface area (Å²) in [6.45, 7) is 0.283. The molecular formula is C14H12ClN3O3S3. The Morgan fingerprint density at radius 3 is 2.88 bits per heavy atom. The number of nitrogens with zero attached hydrogens (tertiary/aromatic N) is 2. The van der Waals surface area contributed by atoms with Gasteiger partial charge in [-0.3, -0.25) is 4.79 Å². The summed E-state index contributed by atoms with van der Waals surface area (Å²) in [7, 11) is -3.76. The minimum atomic E-state index is -3.76. The van der Waals surface area contributed by atoms with Crippen LogP contribution in [0.3, 0.4) is 0 Å². The molecule has 10 heteroatoms. The number of halogens is 1. The predicted molar refractivity (Wildman–Crippen MR) is 93.9 cm³/mol. The Kier molecular flexibility index (Phi) is 4.94. The van der Waals surface area contributed by atoms with E-state index in [9.17, 15) is 13.2 Å². The van der Waals surface area contributed by atoms with Crippen molar-refractivity contribution in [2.75, 3.05) is 11.9 Å². The maximum Gasteiger partial charge on any atom is 0.253 e. The predicted octanol–water partition coefficient (Wildman–Crippen LogP) is 3.13. The standard InChI is InChI=1S/C14H12ClN3O3S3/c15-11-3-4-12(23-11)24(20,21)18-6-1-2-10(18)13(19)17-14-9(8-16)5-7-22-14/h3-5,7,10H,1-2,6H2,(H,17,19). The Bertz CT molecular complexity index is 913. The van der Waals surface area contributed by atoms with E-state index in [4.69, 9.17) is 16.9 Å². The van der Waals surface area contributed by atoms with E-state index in [1.165, 1.54) is 27.8 Å². The summed E-state index contributed by atoms with van der Waals surface area (Å²) in [6, 6.07) is 5.78. The van der Waals surface area contributed by atoms with Gasteiger partial charge in [-0.15, -0.1) is 22.7 Å². The summed E-state index contributed by atoms with van der Waals surface area (Å²) < 4.78 is 27.2. The molecule has 0 saturated carbocycles. The van der Waals surface area contributed by atoms with Crippen LogP contribution in [0.1, 0.15) is 18.4 Å². The molecule has 1 saturated heterocycles. The molecule has 1 atom stereocenters. The van der Waals surface area contributed by atoms with E-state index in [1.807, 2.05) is 6.07 Å². The van der Waals surface area contributed by atoms with Gasteiger partial charge >= 0.3 is 0 Å². The minimum absolute atomic E-state index is 0.126. The van der Waals surface area contributed by atoms with Crippen LogP contribution in [0.4, 0.5) is 5.00 Å². The van der Waals surface area contributed by atoms with Crippen LogP contribution in [-0.4, -0.2) is 31.2 Å². The Morgan fingerprint density at radius 1 is 1.42 bits per heavy atom. The van der Waals surface area contributed by atoms with Gasteiger partial charge in [0.25, 0.3) is 10.0 Å². The SMILES string of the molecule is N#Cc1ccsc1NC(=O)C1CCCN1S(=O)(=O)c1ccc(Cl)s1. The van der Waals surface area contributed by atoms with Crippen LogP contribution in [0.25, 0.3) is 0 Å². The van der Waals surface area contributed by atoms with Crippen molar-refractivity contribution in [1.29, 1.82) is 5.26 Å². The molecular weight excluding hydrogens is 390 g/mol. The first-order chi connectivity index (χ1) is 11.4. The molecule has 0 bridgehead atoms. The van der Waals surface area contributed by atoms with Gasteiger partial charge in [0, 0.05) is 6.54 Å². The average Bonchev–Trinajstić information content (AvgIpc) is 3.26. The summed E-state index contributed by atoms with van der Waals surface area (Å²) in [4.78, 5) is 12.5. The lowest BCUT2D eigenvalue weighted by atomic mass is 10.2. The molecule has 3 rings (SSSR count). The Hall–Kier alpha value is -1.44. The quantitative estimate of drug-likeness (QED) is 0.852. The fraction of sp³-hybridized carbons (Fsp3) is 0.286.